The topological polar surface area (TPSA) is 102 Å². The van der Waals surface area contributed by atoms with E-state index in [1.807, 2.05) is 0 Å². The third kappa shape index (κ3) is 4.66. The first-order valence-corrected chi connectivity index (χ1v) is 11.2. The van der Waals surface area contributed by atoms with Crippen LogP contribution in [0.1, 0.15) is 63.4 Å². The van der Waals surface area contributed by atoms with Crippen LogP contribution >= 0.6 is 0 Å². The van der Waals surface area contributed by atoms with Crippen LogP contribution in [-0.4, -0.2) is 19.1 Å². The van der Waals surface area contributed by atoms with Gasteiger partial charge in [-0.25, -0.2) is 4.83 Å². The molecule has 2 aliphatic carbocycles. The van der Waals surface area contributed by atoms with Gasteiger partial charge in [0.25, 0.3) is 15.7 Å². The fourth-order valence-corrected chi connectivity index (χ4v) is 5.19. The Balaban J connectivity index is 1.80. The molecule has 1 atom stereocenters. The van der Waals surface area contributed by atoms with Crippen LogP contribution in [0.15, 0.2) is 28.2 Å². The van der Waals surface area contributed by atoms with E-state index in [-0.39, 0.29) is 10.6 Å². The SMILES string of the molecule is Cc1ccc(S(=O)(=O)NN=C2CCCC[C@H]2C2CCCCC2)cc1[N+](=O)[O-]. The zero-order chi connectivity index (χ0) is 19.4. The summed E-state index contributed by atoms with van der Waals surface area (Å²) in [4.78, 5) is 12.7. The molecule has 2 saturated carbocycles. The molecule has 8 heteroatoms. The molecule has 0 radical (unpaired) electrons. The molecule has 7 nitrogen and oxygen atoms in total. The van der Waals surface area contributed by atoms with Crippen molar-refractivity contribution >= 4 is 21.4 Å². The highest BCUT2D eigenvalue weighted by Gasteiger charge is 2.30. The Morgan fingerprint density at radius 2 is 1.81 bits per heavy atom. The monoisotopic (exact) mass is 393 g/mol. The summed E-state index contributed by atoms with van der Waals surface area (Å²) in [6.45, 7) is 1.58. The molecule has 148 valence electrons. The summed E-state index contributed by atoms with van der Waals surface area (Å²) in [7, 11) is -3.93. The van der Waals surface area contributed by atoms with Crippen LogP contribution in [0.4, 0.5) is 5.69 Å². The largest absolute Gasteiger partial charge is 0.276 e. The molecule has 0 aliphatic heterocycles. The second-order valence-corrected chi connectivity index (χ2v) is 9.31. The standard InChI is InChI=1S/C19H27N3O4S/c1-14-11-12-16(13-19(14)22(23)24)27(25,26)21-20-18-10-6-5-9-17(18)15-7-3-2-4-8-15/h11-13,15,17,21H,2-10H2,1H3/t17-/m0/s1. The van der Waals surface area contributed by atoms with Crippen molar-refractivity contribution in [2.45, 2.75) is 69.6 Å². The molecule has 0 bridgehead atoms. The van der Waals surface area contributed by atoms with Crippen LogP contribution in [-0.2, 0) is 10.0 Å². The lowest BCUT2D eigenvalue weighted by atomic mass is 9.72. The van der Waals surface area contributed by atoms with Gasteiger partial charge in [-0.1, -0.05) is 31.7 Å². The van der Waals surface area contributed by atoms with E-state index < -0.39 is 14.9 Å². The first-order chi connectivity index (χ1) is 12.9. The first-order valence-electron chi connectivity index (χ1n) is 9.72. The number of sulfonamides is 1. The third-order valence-electron chi connectivity index (χ3n) is 5.84. The minimum Gasteiger partial charge on any atom is -0.258 e. The van der Waals surface area contributed by atoms with E-state index in [4.69, 9.17) is 0 Å². The van der Waals surface area contributed by atoms with Crippen molar-refractivity contribution in [1.82, 2.24) is 4.83 Å². The molecular formula is C19H27N3O4S. The van der Waals surface area contributed by atoms with Gasteiger partial charge in [0.1, 0.15) is 0 Å². The van der Waals surface area contributed by atoms with Crippen LogP contribution in [0.3, 0.4) is 0 Å². The van der Waals surface area contributed by atoms with Gasteiger partial charge in [-0.3, -0.25) is 10.1 Å². The molecule has 1 aromatic rings. The van der Waals surface area contributed by atoms with Crippen LogP contribution in [0.5, 0.6) is 0 Å². The van der Waals surface area contributed by atoms with Crippen molar-refractivity contribution in [3.63, 3.8) is 0 Å². The lowest BCUT2D eigenvalue weighted by Gasteiger charge is -2.33. The summed E-state index contributed by atoms with van der Waals surface area (Å²) >= 11 is 0. The molecule has 3 rings (SSSR count). The molecule has 2 fully saturated rings. The second kappa shape index (κ2) is 8.37. The number of nitrogens with zero attached hydrogens (tertiary/aromatic N) is 2. The Kier molecular flexibility index (Phi) is 6.14. The Labute approximate surface area is 160 Å². The number of rotatable bonds is 5. The minimum absolute atomic E-state index is 0.130. The lowest BCUT2D eigenvalue weighted by molar-refractivity contribution is -0.385. The molecule has 0 aromatic heterocycles. The summed E-state index contributed by atoms with van der Waals surface area (Å²) in [5.41, 5.74) is 1.16. The van der Waals surface area contributed by atoms with Crippen LogP contribution in [0.2, 0.25) is 0 Å². The van der Waals surface area contributed by atoms with E-state index in [1.54, 1.807) is 6.92 Å². The molecule has 2 aliphatic rings. The molecule has 0 spiro atoms. The van der Waals surface area contributed by atoms with E-state index in [9.17, 15) is 18.5 Å². The number of nitro groups is 1. The summed E-state index contributed by atoms with van der Waals surface area (Å²) in [6, 6.07) is 3.92. The summed E-state index contributed by atoms with van der Waals surface area (Å²) in [6.07, 6.45) is 10.2. The Bertz CT molecular complexity index is 829. The fourth-order valence-electron chi connectivity index (χ4n) is 4.33. The van der Waals surface area contributed by atoms with E-state index in [2.05, 4.69) is 9.93 Å². The van der Waals surface area contributed by atoms with Crippen molar-refractivity contribution in [2.24, 2.45) is 16.9 Å². The number of benzene rings is 1. The number of hydrogen-bond acceptors (Lipinski definition) is 5. The molecule has 0 saturated heterocycles. The molecule has 27 heavy (non-hydrogen) atoms. The molecule has 0 heterocycles. The lowest BCUT2D eigenvalue weighted by Crippen LogP contribution is -2.31. The van der Waals surface area contributed by atoms with Crippen molar-refractivity contribution in [1.29, 1.82) is 0 Å². The van der Waals surface area contributed by atoms with Gasteiger partial charge >= 0.3 is 0 Å². The summed E-state index contributed by atoms with van der Waals surface area (Å²) < 4.78 is 25.2. The summed E-state index contributed by atoms with van der Waals surface area (Å²) in [5.74, 6) is 0.955. The third-order valence-corrected chi connectivity index (χ3v) is 7.05. The molecule has 0 unspecified atom stereocenters. The van der Waals surface area contributed by atoms with E-state index in [0.29, 0.717) is 17.4 Å². The number of hydrazone groups is 1. The van der Waals surface area contributed by atoms with Crippen molar-refractivity contribution in [3.05, 3.63) is 33.9 Å². The predicted molar refractivity (Wildman–Crippen MR) is 104 cm³/mol. The highest BCUT2D eigenvalue weighted by molar-refractivity contribution is 7.89. The van der Waals surface area contributed by atoms with Crippen LogP contribution < -0.4 is 4.83 Å². The highest BCUT2D eigenvalue weighted by Crippen LogP contribution is 2.37. The normalized spacial score (nSPS) is 23.3. The Hall–Kier alpha value is -1.96. The molecular weight excluding hydrogens is 366 g/mol. The maximum absolute atomic E-state index is 12.6. The zero-order valence-corrected chi connectivity index (χ0v) is 16.5. The fraction of sp³-hybridized carbons (Fsp3) is 0.632. The van der Waals surface area contributed by atoms with Gasteiger partial charge < -0.3 is 0 Å². The number of nitrogens with one attached hydrogen (secondary N) is 1. The van der Waals surface area contributed by atoms with Crippen molar-refractivity contribution in [3.8, 4) is 0 Å². The number of aryl methyl sites for hydroxylation is 1. The van der Waals surface area contributed by atoms with E-state index >= 15 is 0 Å². The maximum atomic E-state index is 12.6. The van der Waals surface area contributed by atoms with Gasteiger partial charge in [0.05, 0.1) is 9.82 Å². The summed E-state index contributed by atoms with van der Waals surface area (Å²) in [5, 5.41) is 15.4. The molecule has 1 N–H and O–H groups in total. The smallest absolute Gasteiger partial charge is 0.258 e. The zero-order valence-electron chi connectivity index (χ0n) is 15.7. The van der Waals surface area contributed by atoms with Crippen molar-refractivity contribution in [2.75, 3.05) is 0 Å². The Morgan fingerprint density at radius 1 is 1.11 bits per heavy atom. The maximum Gasteiger partial charge on any atom is 0.276 e. The van der Waals surface area contributed by atoms with Crippen molar-refractivity contribution < 1.29 is 13.3 Å². The highest BCUT2D eigenvalue weighted by atomic mass is 32.2. The Morgan fingerprint density at radius 3 is 2.52 bits per heavy atom. The van der Waals surface area contributed by atoms with Gasteiger partial charge in [0.2, 0.25) is 0 Å². The van der Waals surface area contributed by atoms with Crippen LogP contribution in [0.25, 0.3) is 0 Å². The number of hydrogen-bond donors (Lipinski definition) is 1. The van der Waals surface area contributed by atoms with E-state index in [0.717, 1.165) is 37.5 Å². The quantitative estimate of drug-likeness (QED) is 0.595. The predicted octanol–water partition coefficient (Wildman–Crippen LogP) is 4.31. The van der Waals surface area contributed by atoms with Gasteiger partial charge in [-0.2, -0.15) is 13.5 Å². The average Bonchev–Trinajstić information content (AvgIpc) is 2.67. The van der Waals surface area contributed by atoms with Gasteiger partial charge in [0.15, 0.2) is 0 Å². The van der Waals surface area contributed by atoms with Gasteiger partial charge in [-0.15, -0.1) is 0 Å². The molecule has 0 amide bonds. The minimum atomic E-state index is -3.93. The first kappa shape index (κ1) is 19.8. The van der Waals surface area contributed by atoms with Gasteiger partial charge in [-0.05, 0) is 51.0 Å². The number of nitro benzene ring substituents is 1. The van der Waals surface area contributed by atoms with E-state index in [1.165, 1.54) is 44.2 Å². The van der Waals surface area contributed by atoms with Crippen LogP contribution in [0, 0.1) is 28.9 Å². The van der Waals surface area contributed by atoms with Gasteiger partial charge in [0, 0.05) is 23.3 Å². The second-order valence-electron chi connectivity index (χ2n) is 7.65. The average molecular weight is 394 g/mol. The molecule has 1 aromatic carbocycles.